The molecule has 6 nitrogen and oxygen atoms in total. The Balaban J connectivity index is 1.45. The van der Waals surface area contributed by atoms with E-state index in [1.165, 1.54) is 0 Å². The third kappa shape index (κ3) is 4.43. The van der Waals surface area contributed by atoms with Crippen molar-refractivity contribution in [2.45, 2.75) is 6.92 Å². The molecule has 0 fully saturated rings. The molecular formula is C24H22N2O4. The molecule has 0 atom stereocenters. The minimum absolute atomic E-state index is 0.0480. The van der Waals surface area contributed by atoms with Crippen LogP contribution in [0, 0.1) is 6.92 Å². The topological polar surface area (TPSA) is 67.9 Å². The normalized spacial score (nSPS) is 12.7. The molecule has 3 aromatic rings. The van der Waals surface area contributed by atoms with Crippen LogP contribution in [-0.2, 0) is 4.79 Å². The lowest BCUT2D eigenvalue weighted by molar-refractivity contribution is -0.121. The average molecular weight is 402 g/mol. The van der Waals surface area contributed by atoms with E-state index in [-0.39, 0.29) is 18.4 Å². The Labute approximate surface area is 175 Å². The fraction of sp³-hybridized carbons (Fsp3) is 0.167. The molecule has 30 heavy (non-hydrogen) atoms. The quantitative estimate of drug-likeness (QED) is 0.675. The summed E-state index contributed by atoms with van der Waals surface area (Å²) < 4.78 is 11.3. The van der Waals surface area contributed by atoms with Gasteiger partial charge < -0.3 is 19.7 Å². The van der Waals surface area contributed by atoms with Crippen molar-refractivity contribution < 1.29 is 19.1 Å². The van der Waals surface area contributed by atoms with E-state index in [0.717, 1.165) is 11.3 Å². The Kier molecular flexibility index (Phi) is 5.66. The van der Waals surface area contributed by atoms with Gasteiger partial charge in [-0.15, -0.1) is 0 Å². The molecule has 0 bridgehead atoms. The molecule has 1 aliphatic rings. The molecule has 1 heterocycles. The molecule has 0 aromatic heterocycles. The van der Waals surface area contributed by atoms with E-state index in [1.54, 1.807) is 29.2 Å². The molecule has 1 N–H and O–H groups in total. The van der Waals surface area contributed by atoms with Gasteiger partial charge in [0.05, 0.1) is 12.2 Å². The lowest BCUT2D eigenvalue weighted by Crippen LogP contribution is -2.41. The van der Waals surface area contributed by atoms with Crippen LogP contribution >= 0.6 is 0 Å². The number of rotatable bonds is 6. The van der Waals surface area contributed by atoms with Gasteiger partial charge in [-0.1, -0.05) is 35.9 Å². The number of hydrogen-bond donors (Lipinski definition) is 1. The van der Waals surface area contributed by atoms with Crippen LogP contribution in [0.5, 0.6) is 11.5 Å². The molecule has 0 radical (unpaired) electrons. The summed E-state index contributed by atoms with van der Waals surface area (Å²) in [7, 11) is 0. The van der Waals surface area contributed by atoms with E-state index in [9.17, 15) is 9.59 Å². The standard InChI is InChI=1S/C24H22N2O4/c1-17-6-5-7-18(14-17)24(28)25-19-10-11-21-22(15-19)30-16-23(27)26(21)12-13-29-20-8-3-2-4-9-20/h2-11,14-15H,12-13,16H2,1H3,(H,25,28). The summed E-state index contributed by atoms with van der Waals surface area (Å²) in [5, 5.41) is 2.88. The van der Waals surface area contributed by atoms with Gasteiger partial charge in [-0.3, -0.25) is 9.59 Å². The van der Waals surface area contributed by atoms with E-state index in [2.05, 4.69) is 5.32 Å². The van der Waals surface area contributed by atoms with Crippen LogP contribution in [0.1, 0.15) is 15.9 Å². The van der Waals surface area contributed by atoms with Crippen LogP contribution in [0.25, 0.3) is 0 Å². The van der Waals surface area contributed by atoms with Crippen molar-refractivity contribution in [1.82, 2.24) is 0 Å². The monoisotopic (exact) mass is 402 g/mol. The molecule has 0 saturated carbocycles. The molecule has 152 valence electrons. The maximum absolute atomic E-state index is 12.5. The fourth-order valence-electron chi connectivity index (χ4n) is 3.29. The van der Waals surface area contributed by atoms with Crippen molar-refractivity contribution >= 4 is 23.2 Å². The highest BCUT2D eigenvalue weighted by Gasteiger charge is 2.26. The summed E-state index contributed by atoms with van der Waals surface area (Å²) >= 11 is 0. The first kappa shape index (κ1) is 19.5. The van der Waals surface area contributed by atoms with Gasteiger partial charge in [0.1, 0.15) is 18.1 Å². The predicted molar refractivity (Wildman–Crippen MR) is 115 cm³/mol. The Morgan fingerprint density at radius 1 is 1.07 bits per heavy atom. The van der Waals surface area contributed by atoms with Gasteiger partial charge in [-0.05, 0) is 43.3 Å². The summed E-state index contributed by atoms with van der Waals surface area (Å²) in [6, 6.07) is 22.1. The van der Waals surface area contributed by atoms with Crippen molar-refractivity contribution in [3.63, 3.8) is 0 Å². The number of carbonyl (C=O) groups excluding carboxylic acids is 2. The molecular weight excluding hydrogens is 380 g/mol. The number of benzene rings is 3. The largest absolute Gasteiger partial charge is 0.492 e. The van der Waals surface area contributed by atoms with E-state index >= 15 is 0 Å². The predicted octanol–water partition coefficient (Wildman–Crippen LogP) is 4.05. The highest BCUT2D eigenvalue weighted by Crippen LogP contribution is 2.34. The molecule has 2 amide bonds. The van der Waals surface area contributed by atoms with E-state index < -0.39 is 0 Å². The summed E-state index contributed by atoms with van der Waals surface area (Å²) in [5.41, 5.74) is 2.87. The van der Waals surface area contributed by atoms with E-state index in [0.29, 0.717) is 35.8 Å². The highest BCUT2D eigenvalue weighted by molar-refractivity contribution is 6.05. The number of nitrogens with one attached hydrogen (secondary N) is 1. The second-order valence-corrected chi connectivity index (χ2v) is 7.00. The van der Waals surface area contributed by atoms with Crippen LogP contribution < -0.4 is 19.7 Å². The van der Waals surface area contributed by atoms with Crippen molar-refractivity contribution in [3.8, 4) is 11.5 Å². The molecule has 4 rings (SSSR count). The van der Waals surface area contributed by atoms with Crippen molar-refractivity contribution in [1.29, 1.82) is 0 Å². The Bertz CT molecular complexity index is 1070. The van der Waals surface area contributed by atoms with E-state index in [1.807, 2.05) is 55.5 Å². The van der Waals surface area contributed by atoms with Crippen LogP contribution in [0.3, 0.4) is 0 Å². The first-order valence-electron chi connectivity index (χ1n) is 9.73. The number of fused-ring (bicyclic) bond motifs is 1. The smallest absolute Gasteiger partial charge is 0.265 e. The molecule has 0 saturated heterocycles. The zero-order valence-corrected chi connectivity index (χ0v) is 16.6. The number of ether oxygens (including phenoxy) is 2. The second-order valence-electron chi connectivity index (χ2n) is 7.00. The number of para-hydroxylation sites is 1. The number of amides is 2. The molecule has 0 unspecified atom stereocenters. The first-order valence-corrected chi connectivity index (χ1v) is 9.73. The Hall–Kier alpha value is -3.80. The second kappa shape index (κ2) is 8.69. The molecule has 6 heteroatoms. The van der Waals surface area contributed by atoms with Gasteiger partial charge in [-0.2, -0.15) is 0 Å². The van der Waals surface area contributed by atoms with Gasteiger partial charge in [0, 0.05) is 17.3 Å². The lowest BCUT2D eigenvalue weighted by Gasteiger charge is -2.29. The van der Waals surface area contributed by atoms with Crippen molar-refractivity contribution in [3.05, 3.63) is 83.9 Å². The van der Waals surface area contributed by atoms with Gasteiger partial charge in [0.2, 0.25) is 0 Å². The van der Waals surface area contributed by atoms with Gasteiger partial charge >= 0.3 is 0 Å². The SMILES string of the molecule is Cc1cccc(C(=O)Nc2ccc3c(c2)OCC(=O)N3CCOc2ccccc2)c1. The zero-order chi connectivity index (χ0) is 20.9. The van der Waals surface area contributed by atoms with Gasteiger partial charge in [0.15, 0.2) is 6.61 Å². The van der Waals surface area contributed by atoms with Crippen molar-refractivity contribution in [2.24, 2.45) is 0 Å². The number of aryl methyl sites for hydroxylation is 1. The average Bonchev–Trinajstić information content (AvgIpc) is 2.76. The number of hydrogen-bond acceptors (Lipinski definition) is 4. The summed E-state index contributed by atoms with van der Waals surface area (Å²) in [6.07, 6.45) is 0. The van der Waals surface area contributed by atoms with E-state index in [4.69, 9.17) is 9.47 Å². The zero-order valence-electron chi connectivity index (χ0n) is 16.6. The maximum Gasteiger partial charge on any atom is 0.265 e. The number of anilines is 2. The lowest BCUT2D eigenvalue weighted by atomic mass is 10.1. The number of carbonyl (C=O) groups is 2. The molecule has 0 aliphatic carbocycles. The fourth-order valence-corrected chi connectivity index (χ4v) is 3.29. The van der Waals surface area contributed by atoms with Crippen molar-refractivity contribution in [2.75, 3.05) is 30.0 Å². The summed E-state index contributed by atoms with van der Waals surface area (Å²) in [4.78, 5) is 26.5. The summed E-state index contributed by atoms with van der Waals surface area (Å²) in [6.45, 7) is 2.66. The van der Waals surface area contributed by atoms with Crippen LogP contribution in [-0.4, -0.2) is 31.6 Å². The Morgan fingerprint density at radius 2 is 1.90 bits per heavy atom. The first-order chi connectivity index (χ1) is 14.6. The maximum atomic E-state index is 12.5. The van der Waals surface area contributed by atoms with Crippen LogP contribution in [0.15, 0.2) is 72.8 Å². The number of nitrogens with zero attached hydrogens (tertiary/aromatic N) is 1. The molecule has 1 aliphatic heterocycles. The van der Waals surface area contributed by atoms with Crippen LogP contribution in [0.2, 0.25) is 0 Å². The highest BCUT2D eigenvalue weighted by atomic mass is 16.5. The Morgan fingerprint density at radius 3 is 2.70 bits per heavy atom. The molecule has 0 spiro atoms. The molecule has 3 aromatic carbocycles. The van der Waals surface area contributed by atoms with Gasteiger partial charge in [-0.25, -0.2) is 0 Å². The third-order valence-corrected chi connectivity index (χ3v) is 4.77. The van der Waals surface area contributed by atoms with Gasteiger partial charge in [0.25, 0.3) is 11.8 Å². The minimum atomic E-state index is -0.196. The van der Waals surface area contributed by atoms with Crippen LogP contribution in [0.4, 0.5) is 11.4 Å². The third-order valence-electron chi connectivity index (χ3n) is 4.77. The summed E-state index contributed by atoms with van der Waals surface area (Å²) in [5.74, 6) is 0.985. The minimum Gasteiger partial charge on any atom is -0.492 e.